The monoisotopic (exact) mass is 228 g/mol. The Morgan fingerprint density at radius 2 is 2.00 bits per heavy atom. The number of pyridine rings is 1. The molecule has 0 spiro atoms. The third-order valence-electron chi connectivity index (χ3n) is 2.53. The Labute approximate surface area is 93.1 Å². The third-order valence-corrected chi connectivity index (χ3v) is 2.75. The van der Waals surface area contributed by atoms with Crippen molar-refractivity contribution in [1.29, 1.82) is 0 Å². The Balaban J connectivity index is 1.95. The van der Waals surface area contributed by atoms with Gasteiger partial charge in [-0.2, -0.15) is 0 Å². The summed E-state index contributed by atoms with van der Waals surface area (Å²) in [6.45, 7) is 1.69. The Hall–Kier alpha value is -0.680. The molecule has 1 saturated heterocycles. The zero-order valence-electron chi connectivity index (χ0n) is 8.17. The van der Waals surface area contributed by atoms with Crippen molar-refractivity contribution in [1.82, 2.24) is 9.88 Å². The average Bonchev–Trinajstić information content (AvgIpc) is 2.50. The molecule has 2 rings (SSSR count). The van der Waals surface area contributed by atoms with Crippen molar-refractivity contribution in [2.24, 2.45) is 0 Å². The minimum Gasteiger partial charge on any atom is -0.389 e. The lowest BCUT2D eigenvalue weighted by molar-refractivity contribution is 0.0572. The molecular weight excluding hydrogens is 216 g/mol. The number of likely N-dealkylation sites (tertiary alicyclic amines) is 1. The van der Waals surface area contributed by atoms with Crippen LogP contribution >= 0.6 is 11.6 Å². The summed E-state index contributed by atoms with van der Waals surface area (Å²) in [5.74, 6) is 0. The summed E-state index contributed by atoms with van der Waals surface area (Å²) in [4.78, 5) is 5.96. The molecule has 1 aromatic rings. The van der Waals surface area contributed by atoms with E-state index in [1.54, 1.807) is 12.3 Å². The summed E-state index contributed by atoms with van der Waals surface area (Å²) in [7, 11) is 0. The normalized spacial score (nSPS) is 27.1. The number of hydrogen-bond donors (Lipinski definition) is 2. The number of aliphatic hydroxyl groups is 2. The van der Waals surface area contributed by atoms with Crippen LogP contribution in [0.5, 0.6) is 0 Å². The molecule has 4 nitrogen and oxygen atoms in total. The highest BCUT2D eigenvalue weighted by molar-refractivity contribution is 6.29. The molecule has 1 aromatic heterocycles. The van der Waals surface area contributed by atoms with Crippen molar-refractivity contribution in [3.8, 4) is 0 Å². The van der Waals surface area contributed by atoms with Gasteiger partial charge in [0.15, 0.2) is 0 Å². The molecular formula is C10H13ClN2O2. The van der Waals surface area contributed by atoms with Crippen LogP contribution in [0.2, 0.25) is 5.15 Å². The molecule has 0 aliphatic carbocycles. The van der Waals surface area contributed by atoms with Gasteiger partial charge in [-0.05, 0) is 11.6 Å². The first kappa shape index (κ1) is 10.8. The van der Waals surface area contributed by atoms with Crippen LogP contribution in [0, 0.1) is 0 Å². The highest BCUT2D eigenvalue weighted by atomic mass is 35.5. The molecule has 82 valence electrons. The number of halogens is 1. The van der Waals surface area contributed by atoms with Gasteiger partial charge in [-0.1, -0.05) is 17.7 Å². The molecule has 1 fully saturated rings. The molecule has 1 aliphatic rings. The van der Waals surface area contributed by atoms with Gasteiger partial charge in [0.25, 0.3) is 0 Å². The van der Waals surface area contributed by atoms with Gasteiger partial charge in [-0.3, -0.25) is 4.90 Å². The average molecular weight is 229 g/mol. The first-order chi connectivity index (χ1) is 7.15. The van der Waals surface area contributed by atoms with Crippen molar-refractivity contribution in [2.45, 2.75) is 18.8 Å². The molecule has 0 aromatic carbocycles. The van der Waals surface area contributed by atoms with E-state index >= 15 is 0 Å². The second kappa shape index (κ2) is 4.45. The number of aromatic nitrogens is 1. The van der Waals surface area contributed by atoms with Gasteiger partial charge < -0.3 is 10.2 Å². The van der Waals surface area contributed by atoms with Gasteiger partial charge in [0.05, 0.1) is 12.2 Å². The standard InChI is InChI=1S/C10H13ClN2O2/c11-10-2-1-7(3-12-10)4-13-5-8(14)9(15)6-13/h1-3,8-9,14-15H,4-6H2/t8-,9+. The fourth-order valence-electron chi connectivity index (χ4n) is 1.73. The zero-order valence-corrected chi connectivity index (χ0v) is 8.93. The molecule has 0 saturated carbocycles. The lowest BCUT2D eigenvalue weighted by Gasteiger charge is -2.14. The van der Waals surface area contributed by atoms with Gasteiger partial charge in [0.2, 0.25) is 0 Å². The highest BCUT2D eigenvalue weighted by Crippen LogP contribution is 2.14. The van der Waals surface area contributed by atoms with Gasteiger partial charge in [0.1, 0.15) is 5.15 Å². The maximum absolute atomic E-state index is 9.36. The van der Waals surface area contributed by atoms with Crippen LogP contribution in [0.4, 0.5) is 0 Å². The van der Waals surface area contributed by atoms with Crippen LogP contribution in [-0.2, 0) is 6.54 Å². The summed E-state index contributed by atoms with van der Waals surface area (Å²) in [5, 5.41) is 19.2. The van der Waals surface area contributed by atoms with E-state index in [2.05, 4.69) is 4.98 Å². The van der Waals surface area contributed by atoms with E-state index in [1.807, 2.05) is 11.0 Å². The van der Waals surface area contributed by atoms with Crippen LogP contribution < -0.4 is 0 Å². The van der Waals surface area contributed by atoms with E-state index in [-0.39, 0.29) is 0 Å². The van der Waals surface area contributed by atoms with Crippen molar-refractivity contribution in [3.63, 3.8) is 0 Å². The Kier molecular flexibility index (Phi) is 3.21. The number of hydrogen-bond acceptors (Lipinski definition) is 4. The van der Waals surface area contributed by atoms with Crippen molar-refractivity contribution < 1.29 is 10.2 Å². The maximum Gasteiger partial charge on any atom is 0.129 e. The summed E-state index contributed by atoms with van der Waals surface area (Å²) in [6.07, 6.45) is 0.440. The van der Waals surface area contributed by atoms with Gasteiger partial charge in [-0.25, -0.2) is 4.98 Å². The minimum atomic E-state index is -0.634. The van der Waals surface area contributed by atoms with Crippen LogP contribution in [0.3, 0.4) is 0 Å². The summed E-state index contributed by atoms with van der Waals surface area (Å²) >= 11 is 5.67. The second-order valence-corrected chi connectivity index (χ2v) is 4.21. The quantitative estimate of drug-likeness (QED) is 0.714. The Bertz CT molecular complexity index is 321. The second-order valence-electron chi connectivity index (χ2n) is 3.82. The van der Waals surface area contributed by atoms with Crippen molar-refractivity contribution in [3.05, 3.63) is 29.0 Å². The molecule has 0 amide bonds. The smallest absolute Gasteiger partial charge is 0.129 e. The van der Waals surface area contributed by atoms with E-state index < -0.39 is 12.2 Å². The van der Waals surface area contributed by atoms with Gasteiger partial charge in [-0.15, -0.1) is 0 Å². The molecule has 15 heavy (non-hydrogen) atoms. The van der Waals surface area contributed by atoms with Crippen molar-refractivity contribution in [2.75, 3.05) is 13.1 Å². The molecule has 2 atom stereocenters. The van der Waals surface area contributed by atoms with Crippen LogP contribution in [0.25, 0.3) is 0 Å². The number of rotatable bonds is 2. The van der Waals surface area contributed by atoms with E-state index in [9.17, 15) is 10.2 Å². The minimum absolute atomic E-state index is 0.472. The van der Waals surface area contributed by atoms with Crippen LogP contribution in [0.15, 0.2) is 18.3 Å². The molecule has 5 heteroatoms. The number of aliphatic hydroxyl groups excluding tert-OH is 2. The molecule has 0 bridgehead atoms. The van der Waals surface area contributed by atoms with Crippen LogP contribution in [-0.4, -0.2) is 45.4 Å². The molecule has 0 unspecified atom stereocenters. The molecule has 0 radical (unpaired) electrons. The zero-order chi connectivity index (χ0) is 10.8. The maximum atomic E-state index is 9.36. The predicted molar refractivity (Wildman–Crippen MR) is 56.5 cm³/mol. The van der Waals surface area contributed by atoms with Crippen LogP contribution in [0.1, 0.15) is 5.56 Å². The molecule has 1 aliphatic heterocycles. The first-order valence-electron chi connectivity index (χ1n) is 4.84. The van der Waals surface area contributed by atoms with E-state index in [4.69, 9.17) is 11.6 Å². The lowest BCUT2D eigenvalue weighted by Crippen LogP contribution is -2.22. The first-order valence-corrected chi connectivity index (χ1v) is 5.22. The lowest BCUT2D eigenvalue weighted by atomic mass is 10.3. The van der Waals surface area contributed by atoms with Gasteiger partial charge in [0, 0.05) is 25.8 Å². The van der Waals surface area contributed by atoms with E-state index in [0.717, 1.165) is 5.56 Å². The fraction of sp³-hybridized carbons (Fsp3) is 0.500. The number of β-amino-alcohol motifs (C(OH)–C–C–N with tert-alkyl or cyclic N) is 2. The summed E-state index contributed by atoms with van der Waals surface area (Å²) in [5.41, 5.74) is 1.03. The predicted octanol–water partition coefficient (Wildman–Crippen LogP) is 0.272. The SMILES string of the molecule is O[C@@H]1CN(Cc2ccc(Cl)nc2)C[C@@H]1O. The van der Waals surface area contributed by atoms with E-state index in [1.165, 1.54) is 0 Å². The largest absolute Gasteiger partial charge is 0.389 e. The highest BCUT2D eigenvalue weighted by Gasteiger charge is 2.29. The summed E-state index contributed by atoms with van der Waals surface area (Å²) in [6, 6.07) is 3.63. The Morgan fingerprint density at radius 1 is 1.33 bits per heavy atom. The van der Waals surface area contributed by atoms with Gasteiger partial charge >= 0.3 is 0 Å². The third kappa shape index (κ3) is 2.66. The topological polar surface area (TPSA) is 56.6 Å². The summed E-state index contributed by atoms with van der Waals surface area (Å²) < 4.78 is 0. The fourth-order valence-corrected chi connectivity index (χ4v) is 1.85. The number of nitrogens with zero attached hydrogens (tertiary/aromatic N) is 2. The Morgan fingerprint density at radius 3 is 2.53 bits per heavy atom. The molecule has 2 N–H and O–H groups in total. The molecule has 2 heterocycles. The van der Waals surface area contributed by atoms with E-state index in [0.29, 0.717) is 24.8 Å². The van der Waals surface area contributed by atoms with Crippen molar-refractivity contribution >= 4 is 11.6 Å².